The van der Waals surface area contributed by atoms with E-state index in [1.807, 2.05) is 49.4 Å². The number of benzene rings is 2. The Morgan fingerprint density at radius 3 is 2.56 bits per heavy atom. The highest BCUT2D eigenvalue weighted by atomic mass is 35.5. The summed E-state index contributed by atoms with van der Waals surface area (Å²) in [6, 6.07) is 14.5. The maximum absolute atomic E-state index is 11.4. The van der Waals surface area contributed by atoms with Crippen molar-refractivity contribution in [2.45, 2.75) is 13.5 Å². The minimum Gasteiger partial charge on any atom is -0.503 e. The SMILES string of the molecule is COC=C(C(=O)O)c1ccccc1CON=C(C)C=Cc1ccc(Cl)cc1. The lowest BCUT2D eigenvalue weighted by Gasteiger charge is -2.09. The Balaban J connectivity index is 2.06. The van der Waals surface area contributed by atoms with Crippen LogP contribution < -0.4 is 0 Å². The quantitative estimate of drug-likeness (QED) is 0.300. The molecule has 0 saturated carbocycles. The number of allylic oxidation sites excluding steroid dienone is 1. The number of oxime groups is 1. The summed E-state index contributed by atoms with van der Waals surface area (Å²) in [7, 11) is 1.41. The second kappa shape index (κ2) is 10.2. The van der Waals surface area contributed by atoms with Gasteiger partial charge in [-0.3, -0.25) is 0 Å². The van der Waals surface area contributed by atoms with Gasteiger partial charge in [-0.25, -0.2) is 4.79 Å². The average Bonchev–Trinajstić information content (AvgIpc) is 2.66. The Kier molecular flexibility index (Phi) is 7.64. The summed E-state index contributed by atoms with van der Waals surface area (Å²) in [5, 5.41) is 14.1. The number of methoxy groups -OCH3 is 1. The Bertz CT molecular complexity index is 870. The highest BCUT2D eigenvalue weighted by Crippen LogP contribution is 2.21. The molecule has 0 amide bonds. The molecule has 0 fully saturated rings. The lowest BCUT2D eigenvalue weighted by atomic mass is 10.0. The fourth-order valence-corrected chi connectivity index (χ4v) is 2.41. The standard InChI is InChI=1S/C21H20ClNO4/c1-15(7-8-16-9-11-18(22)12-10-16)23-27-13-17-5-3-4-6-19(17)20(14-26-2)21(24)25/h3-12,14H,13H2,1-2H3,(H,24,25). The van der Waals surface area contributed by atoms with E-state index in [1.165, 1.54) is 13.4 Å². The van der Waals surface area contributed by atoms with Crippen LogP contribution >= 0.6 is 11.6 Å². The molecule has 2 aromatic carbocycles. The van der Waals surface area contributed by atoms with Crippen molar-refractivity contribution in [2.24, 2.45) is 5.16 Å². The minimum atomic E-state index is -1.07. The molecule has 2 aromatic rings. The van der Waals surface area contributed by atoms with Crippen LogP contribution in [0.15, 0.2) is 66.0 Å². The number of carboxylic acid groups (broad SMARTS) is 1. The Hall–Kier alpha value is -3.05. The first-order valence-corrected chi connectivity index (χ1v) is 8.54. The molecule has 0 aromatic heterocycles. The number of carboxylic acids is 1. The highest BCUT2D eigenvalue weighted by Gasteiger charge is 2.15. The molecule has 0 atom stereocenters. The van der Waals surface area contributed by atoms with E-state index in [1.54, 1.807) is 18.2 Å². The van der Waals surface area contributed by atoms with E-state index < -0.39 is 5.97 Å². The summed E-state index contributed by atoms with van der Waals surface area (Å²) in [6.45, 7) is 1.95. The van der Waals surface area contributed by atoms with Crippen LogP contribution in [-0.2, 0) is 21.0 Å². The number of carbonyl (C=O) groups is 1. The van der Waals surface area contributed by atoms with Crippen LogP contribution in [0.1, 0.15) is 23.6 Å². The third-order valence-corrected chi connectivity index (χ3v) is 3.84. The van der Waals surface area contributed by atoms with Crippen molar-refractivity contribution < 1.29 is 19.5 Å². The summed E-state index contributed by atoms with van der Waals surface area (Å²) >= 11 is 5.86. The smallest absolute Gasteiger partial charge is 0.339 e. The fraction of sp³-hybridized carbons (Fsp3) is 0.143. The van der Waals surface area contributed by atoms with Crippen molar-refractivity contribution in [1.29, 1.82) is 0 Å². The number of nitrogens with zero attached hydrogens (tertiary/aromatic N) is 1. The second-order valence-corrected chi connectivity index (χ2v) is 6.06. The van der Waals surface area contributed by atoms with Gasteiger partial charge < -0.3 is 14.7 Å². The minimum absolute atomic E-state index is 0.0556. The molecule has 0 heterocycles. The maximum atomic E-state index is 11.4. The van der Waals surface area contributed by atoms with Gasteiger partial charge in [-0.1, -0.05) is 59.2 Å². The summed E-state index contributed by atoms with van der Waals surface area (Å²) in [6.07, 6.45) is 4.92. The summed E-state index contributed by atoms with van der Waals surface area (Å²) in [5.41, 5.74) is 2.95. The first-order chi connectivity index (χ1) is 13.0. The van der Waals surface area contributed by atoms with Gasteiger partial charge >= 0.3 is 5.97 Å². The molecule has 0 aliphatic heterocycles. The van der Waals surface area contributed by atoms with Crippen LogP contribution in [-0.4, -0.2) is 23.9 Å². The number of aliphatic carboxylic acids is 1. The van der Waals surface area contributed by atoms with E-state index in [0.29, 0.717) is 21.9 Å². The summed E-state index contributed by atoms with van der Waals surface area (Å²) in [4.78, 5) is 16.8. The number of rotatable bonds is 8. The predicted octanol–water partition coefficient (Wildman–Crippen LogP) is 5.02. The molecule has 0 spiro atoms. The normalized spacial score (nSPS) is 12.3. The molecule has 6 heteroatoms. The zero-order chi connectivity index (χ0) is 19.6. The van der Waals surface area contributed by atoms with Crippen LogP contribution in [0.2, 0.25) is 5.02 Å². The number of halogens is 1. The van der Waals surface area contributed by atoms with Crippen LogP contribution in [0.4, 0.5) is 0 Å². The van der Waals surface area contributed by atoms with Crippen molar-refractivity contribution >= 4 is 34.9 Å². The summed E-state index contributed by atoms with van der Waals surface area (Å²) in [5.74, 6) is -1.07. The van der Waals surface area contributed by atoms with Crippen molar-refractivity contribution in [1.82, 2.24) is 0 Å². The molecule has 5 nitrogen and oxygen atoms in total. The highest BCUT2D eigenvalue weighted by molar-refractivity contribution is 6.30. The van der Waals surface area contributed by atoms with Gasteiger partial charge in [0.2, 0.25) is 0 Å². The zero-order valence-corrected chi connectivity index (χ0v) is 15.8. The van der Waals surface area contributed by atoms with Gasteiger partial charge in [0.05, 0.1) is 19.1 Å². The predicted molar refractivity (Wildman–Crippen MR) is 107 cm³/mol. The van der Waals surface area contributed by atoms with Gasteiger partial charge in [-0.2, -0.15) is 0 Å². The van der Waals surface area contributed by atoms with E-state index in [0.717, 1.165) is 5.56 Å². The molecular weight excluding hydrogens is 366 g/mol. The van der Waals surface area contributed by atoms with Crippen molar-refractivity contribution in [3.8, 4) is 0 Å². The molecule has 2 rings (SSSR count). The van der Waals surface area contributed by atoms with E-state index in [4.69, 9.17) is 21.2 Å². The summed E-state index contributed by atoms with van der Waals surface area (Å²) < 4.78 is 4.87. The molecule has 0 bridgehead atoms. The molecule has 0 radical (unpaired) electrons. The molecular formula is C21H20ClNO4. The molecule has 1 N–H and O–H groups in total. The first kappa shape index (κ1) is 20.3. The van der Waals surface area contributed by atoms with E-state index in [-0.39, 0.29) is 12.2 Å². The molecule has 27 heavy (non-hydrogen) atoms. The molecule has 0 aliphatic rings. The first-order valence-electron chi connectivity index (χ1n) is 8.16. The van der Waals surface area contributed by atoms with E-state index in [9.17, 15) is 9.90 Å². The van der Waals surface area contributed by atoms with Gasteiger partial charge in [0.1, 0.15) is 12.2 Å². The third-order valence-electron chi connectivity index (χ3n) is 3.59. The van der Waals surface area contributed by atoms with Gasteiger partial charge in [-0.05, 0) is 36.3 Å². The molecule has 0 aliphatic carbocycles. The van der Waals surface area contributed by atoms with Gasteiger partial charge in [0, 0.05) is 10.6 Å². The average molecular weight is 386 g/mol. The van der Waals surface area contributed by atoms with Crippen LogP contribution in [0.5, 0.6) is 0 Å². The van der Waals surface area contributed by atoms with Crippen molar-refractivity contribution in [2.75, 3.05) is 7.11 Å². The second-order valence-electron chi connectivity index (χ2n) is 5.62. The van der Waals surface area contributed by atoms with E-state index >= 15 is 0 Å². The monoisotopic (exact) mass is 385 g/mol. The van der Waals surface area contributed by atoms with Crippen LogP contribution in [0.3, 0.4) is 0 Å². The lowest BCUT2D eigenvalue weighted by molar-refractivity contribution is -0.130. The number of hydrogen-bond donors (Lipinski definition) is 1. The van der Waals surface area contributed by atoms with Gasteiger partial charge in [-0.15, -0.1) is 0 Å². The number of hydrogen-bond acceptors (Lipinski definition) is 4. The topological polar surface area (TPSA) is 68.1 Å². The van der Waals surface area contributed by atoms with E-state index in [2.05, 4.69) is 5.16 Å². The van der Waals surface area contributed by atoms with Gasteiger partial charge in [0.15, 0.2) is 0 Å². The number of ether oxygens (including phenoxy) is 1. The Labute approximate surface area is 163 Å². The molecule has 140 valence electrons. The molecule has 0 unspecified atom stereocenters. The lowest BCUT2D eigenvalue weighted by Crippen LogP contribution is -2.04. The van der Waals surface area contributed by atoms with Crippen molar-refractivity contribution in [3.05, 3.63) is 82.6 Å². The van der Waals surface area contributed by atoms with Crippen molar-refractivity contribution in [3.63, 3.8) is 0 Å². The fourth-order valence-electron chi connectivity index (χ4n) is 2.28. The maximum Gasteiger partial charge on any atom is 0.339 e. The van der Waals surface area contributed by atoms with Crippen LogP contribution in [0.25, 0.3) is 11.6 Å². The zero-order valence-electron chi connectivity index (χ0n) is 15.1. The third kappa shape index (κ3) is 6.31. The molecule has 0 saturated heterocycles. The van der Waals surface area contributed by atoms with Crippen LogP contribution in [0, 0.1) is 0 Å². The largest absolute Gasteiger partial charge is 0.503 e. The van der Waals surface area contributed by atoms with Gasteiger partial charge in [0.25, 0.3) is 0 Å². The Morgan fingerprint density at radius 2 is 1.89 bits per heavy atom. The Morgan fingerprint density at radius 1 is 1.19 bits per heavy atom.